The van der Waals surface area contributed by atoms with Crippen molar-refractivity contribution >= 4 is 22.4 Å². The van der Waals surface area contributed by atoms with E-state index in [0.717, 1.165) is 32.0 Å². The fourth-order valence-corrected chi connectivity index (χ4v) is 7.40. The van der Waals surface area contributed by atoms with Crippen molar-refractivity contribution < 1.29 is 13.9 Å². The van der Waals surface area contributed by atoms with E-state index in [0.29, 0.717) is 9.76 Å². The van der Waals surface area contributed by atoms with Gasteiger partial charge in [-0.25, -0.2) is 0 Å². The van der Waals surface area contributed by atoms with E-state index in [2.05, 4.69) is 26.5 Å². The molecular formula is C41H84O3SSi. The van der Waals surface area contributed by atoms with Crippen molar-refractivity contribution in [2.45, 2.75) is 238 Å². The van der Waals surface area contributed by atoms with Crippen molar-refractivity contribution in [3.05, 3.63) is 0 Å². The van der Waals surface area contributed by atoms with Crippen LogP contribution in [0, 0.1) is 0 Å². The van der Waals surface area contributed by atoms with Gasteiger partial charge in [0.2, 0.25) is 9.76 Å². The first-order valence-corrected chi connectivity index (χ1v) is 22.8. The zero-order valence-electron chi connectivity index (χ0n) is 31.6. The van der Waals surface area contributed by atoms with Crippen LogP contribution in [0.2, 0.25) is 6.04 Å². The van der Waals surface area contributed by atoms with Crippen LogP contribution in [0.25, 0.3) is 0 Å². The van der Waals surface area contributed by atoms with Crippen LogP contribution < -0.4 is 0 Å². The average Bonchev–Trinajstić information content (AvgIpc) is 3.07. The van der Waals surface area contributed by atoms with Crippen molar-refractivity contribution in [3.8, 4) is 0 Å². The summed E-state index contributed by atoms with van der Waals surface area (Å²) in [5.74, 6) is 0.986. The summed E-state index contributed by atoms with van der Waals surface area (Å²) in [5, 5.41) is 0. The summed E-state index contributed by atoms with van der Waals surface area (Å²) in [5.41, 5.74) is 0. The highest BCUT2D eigenvalue weighted by atomic mass is 32.1. The van der Waals surface area contributed by atoms with Crippen LogP contribution in [-0.2, 0) is 13.9 Å². The van der Waals surface area contributed by atoms with Crippen LogP contribution in [-0.4, -0.2) is 41.6 Å². The molecule has 0 fully saturated rings. The molecule has 0 aliphatic carbocycles. The van der Waals surface area contributed by atoms with Crippen molar-refractivity contribution in [2.75, 3.05) is 25.6 Å². The van der Waals surface area contributed by atoms with Crippen LogP contribution >= 0.6 is 12.6 Å². The van der Waals surface area contributed by atoms with Crippen LogP contribution in [0.3, 0.4) is 0 Å². The average molecular weight is 685 g/mol. The van der Waals surface area contributed by atoms with Crippen molar-refractivity contribution in [2.24, 2.45) is 0 Å². The third kappa shape index (κ3) is 40.6. The van der Waals surface area contributed by atoms with E-state index in [9.17, 15) is 0 Å². The van der Waals surface area contributed by atoms with Gasteiger partial charge in [0.25, 0.3) is 0 Å². The van der Waals surface area contributed by atoms with Crippen LogP contribution in [0.1, 0.15) is 226 Å². The second-order valence-electron chi connectivity index (χ2n) is 14.0. The molecule has 276 valence electrons. The lowest BCUT2D eigenvalue weighted by atomic mass is 10.1. The topological polar surface area (TPSA) is 27.7 Å². The lowest BCUT2D eigenvalue weighted by Crippen LogP contribution is -2.19. The molecule has 0 rings (SSSR count). The number of thiol groups is 1. The molecular weight excluding hydrogens is 601 g/mol. The molecule has 0 aromatic carbocycles. The summed E-state index contributed by atoms with van der Waals surface area (Å²) >= 11 is 4.25. The predicted octanol–water partition coefficient (Wildman–Crippen LogP) is 14.2. The summed E-state index contributed by atoms with van der Waals surface area (Å²) in [6.07, 6.45) is 44.7. The molecule has 0 N–H and O–H groups in total. The van der Waals surface area contributed by atoms with Gasteiger partial charge in [0.1, 0.15) is 0 Å². The molecule has 46 heavy (non-hydrogen) atoms. The van der Waals surface area contributed by atoms with E-state index in [1.807, 2.05) is 0 Å². The Kier molecular flexibility index (Phi) is 43.9. The maximum absolute atomic E-state index is 6.30. The summed E-state index contributed by atoms with van der Waals surface area (Å²) in [4.78, 5) is 0. The Bertz CT molecular complexity index is 498. The van der Waals surface area contributed by atoms with E-state index in [-0.39, 0.29) is 6.29 Å². The normalized spacial score (nSPS) is 11.7. The molecule has 0 aliphatic rings. The Labute approximate surface area is 299 Å². The van der Waals surface area contributed by atoms with Crippen molar-refractivity contribution in [1.29, 1.82) is 0 Å². The van der Waals surface area contributed by atoms with Crippen molar-refractivity contribution in [1.82, 2.24) is 0 Å². The first-order chi connectivity index (χ1) is 22.8. The first-order valence-electron chi connectivity index (χ1n) is 21.0. The van der Waals surface area contributed by atoms with E-state index in [1.54, 1.807) is 0 Å². The molecule has 0 saturated heterocycles. The number of rotatable bonds is 42. The minimum atomic E-state index is 0.0241. The van der Waals surface area contributed by atoms with Gasteiger partial charge >= 0.3 is 0 Å². The Balaban J connectivity index is 3.86. The second-order valence-corrected chi connectivity index (χ2v) is 15.6. The van der Waals surface area contributed by atoms with Crippen LogP contribution in [0.5, 0.6) is 0 Å². The molecule has 0 atom stereocenters. The maximum atomic E-state index is 6.30. The molecule has 2 radical (unpaired) electrons. The number of ether oxygens (including phenoxy) is 2. The molecule has 0 amide bonds. The van der Waals surface area contributed by atoms with Gasteiger partial charge in [0.15, 0.2) is 6.29 Å². The van der Waals surface area contributed by atoms with E-state index < -0.39 is 0 Å². The molecule has 0 aromatic heterocycles. The molecule has 0 spiro atoms. The third-order valence-corrected chi connectivity index (χ3v) is 10.6. The maximum Gasteiger partial charge on any atom is 0.229 e. The lowest BCUT2D eigenvalue weighted by Gasteiger charge is -2.19. The number of hydrogen-bond donors (Lipinski definition) is 1. The SMILES string of the molecule is CCCCCCCCCCCCOC(CCCCCCCCCCCCCO[Si]CCCS)OCCCCCCCCCCCC. The molecule has 0 unspecified atom stereocenters. The Morgan fingerprint density at radius 1 is 0.391 bits per heavy atom. The van der Waals surface area contributed by atoms with Gasteiger partial charge in [0, 0.05) is 19.8 Å². The standard InChI is InChI=1S/C41H84O3SSi/c1-3-5-7-9-11-13-19-23-27-31-36-42-41(43-37-32-28-24-20-14-12-10-8-6-4-2)35-30-26-22-18-16-15-17-21-25-29-33-38-44-46-40-34-39-45/h41,45H,3-40H2,1-2H3. The Hall–Kier alpha value is 0.447. The van der Waals surface area contributed by atoms with Gasteiger partial charge in [-0.1, -0.05) is 187 Å². The summed E-state index contributed by atoms with van der Waals surface area (Å²) < 4.78 is 18.3. The number of hydrogen-bond acceptors (Lipinski definition) is 4. The molecule has 3 nitrogen and oxygen atoms in total. The summed E-state index contributed by atoms with van der Waals surface area (Å²) in [6.45, 7) is 7.31. The molecule has 0 aromatic rings. The highest BCUT2D eigenvalue weighted by Gasteiger charge is 2.09. The predicted molar refractivity (Wildman–Crippen MR) is 210 cm³/mol. The fraction of sp³-hybridized carbons (Fsp3) is 1.00. The fourth-order valence-electron chi connectivity index (χ4n) is 6.20. The van der Waals surface area contributed by atoms with Gasteiger partial charge in [0.05, 0.1) is 0 Å². The van der Waals surface area contributed by atoms with Gasteiger partial charge in [-0.05, 0) is 50.3 Å². The second kappa shape index (κ2) is 43.5. The summed E-state index contributed by atoms with van der Waals surface area (Å²) in [6, 6.07) is 1.19. The van der Waals surface area contributed by atoms with Gasteiger partial charge in [-0.3, -0.25) is 0 Å². The molecule has 0 saturated carbocycles. The monoisotopic (exact) mass is 685 g/mol. The molecule has 0 heterocycles. The Morgan fingerprint density at radius 3 is 1.09 bits per heavy atom. The van der Waals surface area contributed by atoms with Gasteiger partial charge in [-0.15, -0.1) is 0 Å². The Morgan fingerprint density at radius 2 is 0.717 bits per heavy atom. The third-order valence-electron chi connectivity index (χ3n) is 9.33. The van der Waals surface area contributed by atoms with E-state index in [4.69, 9.17) is 13.9 Å². The first kappa shape index (κ1) is 46.4. The zero-order valence-corrected chi connectivity index (χ0v) is 33.5. The van der Waals surface area contributed by atoms with Gasteiger partial charge < -0.3 is 13.9 Å². The van der Waals surface area contributed by atoms with E-state index in [1.165, 1.54) is 212 Å². The minimum Gasteiger partial charge on any atom is -0.417 e. The van der Waals surface area contributed by atoms with Crippen LogP contribution in [0.15, 0.2) is 0 Å². The van der Waals surface area contributed by atoms with Gasteiger partial charge in [-0.2, -0.15) is 12.6 Å². The highest BCUT2D eigenvalue weighted by molar-refractivity contribution is 7.80. The molecule has 0 aliphatic heterocycles. The van der Waals surface area contributed by atoms with E-state index >= 15 is 0 Å². The minimum absolute atomic E-state index is 0.0241. The van der Waals surface area contributed by atoms with Crippen molar-refractivity contribution in [3.63, 3.8) is 0 Å². The lowest BCUT2D eigenvalue weighted by molar-refractivity contribution is -0.148. The zero-order chi connectivity index (χ0) is 33.3. The quantitative estimate of drug-likeness (QED) is 0.0300. The smallest absolute Gasteiger partial charge is 0.229 e. The molecule has 0 bridgehead atoms. The number of unbranched alkanes of at least 4 members (excludes halogenated alkanes) is 28. The molecule has 5 heteroatoms. The van der Waals surface area contributed by atoms with Crippen LogP contribution in [0.4, 0.5) is 0 Å². The summed E-state index contributed by atoms with van der Waals surface area (Å²) in [7, 11) is 0.683. The largest absolute Gasteiger partial charge is 0.417 e. The highest BCUT2D eigenvalue weighted by Crippen LogP contribution is 2.16.